The van der Waals surface area contributed by atoms with Crippen molar-refractivity contribution in [3.05, 3.63) is 41.9 Å². The molecule has 0 heterocycles. The highest BCUT2D eigenvalue weighted by molar-refractivity contribution is 6.30. The van der Waals surface area contributed by atoms with Crippen molar-refractivity contribution < 1.29 is 9.84 Å². The van der Waals surface area contributed by atoms with Crippen molar-refractivity contribution in [2.45, 2.75) is 25.5 Å². The van der Waals surface area contributed by atoms with Gasteiger partial charge < -0.3 is 15.2 Å². The standard InChI is InChI=1S/C14H20ClNO2/c1-3-5-11(2)16-9-13(17)10-18-14-7-4-6-12(15)8-14/h3-4,6-8,11,13,16-17H,1,5,9-10H2,2H3. The number of aliphatic hydroxyl groups is 1. The summed E-state index contributed by atoms with van der Waals surface area (Å²) >= 11 is 5.83. The van der Waals surface area contributed by atoms with E-state index in [0.29, 0.717) is 23.4 Å². The lowest BCUT2D eigenvalue weighted by Crippen LogP contribution is -2.36. The van der Waals surface area contributed by atoms with Crippen LogP contribution in [0.15, 0.2) is 36.9 Å². The highest BCUT2D eigenvalue weighted by Gasteiger charge is 2.07. The summed E-state index contributed by atoms with van der Waals surface area (Å²) in [6, 6.07) is 7.44. The molecule has 0 saturated heterocycles. The first-order chi connectivity index (χ1) is 8.61. The summed E-state index contributed by atoms with van der Waals surface area (Å²) in [5.74, 6) is 0.667. The van der Waals surface area contributed by atoms with Gasteiger partial charge in [-0.15, -0.1) is 6.58 Å². The van der Waals surface area contributed by atoms with Crippen LogP contribution in [0.4, 0.5) is 0 Å². The van der Waals surface area contributed by atoms with E-state index in [1.54, 1.807) is 12.1 Å². The van der Waals surface area contributed by atoms with Gasteiger partial charge in [-0.2, -0.15) is 0 Å². The van der Waals surface area contributed by atoms with E-state index in [1.165, 1.54) is 0 Å². The molecule has 3 nitrogen and oxygen atoms in total. The molecule has 0 amide bonds. The second-order valence-electron chi connectivity index (χ2n) is 4.26. The molecule has 0 saturated carbocycles. The first-order valence-corrected chi connectivity index (χ1v) is 6.40. The normalized spacial score (nSPS) is 13.9. The number of benzene rings is 1. The molecule has 0 aliphatic heterocycles. The van der Waals surface area contributed by atoms with Crippen molar-refractivity contribution in [3.8, 4) is 5.75 Å². The molecule has 2 unspecified atom stereocenters. The first kappa shape index (κ1) is 15.0. The van der Waals surface area contributed by atoms with Gasteiger partial charge in [0.25, 0.3) is 0 Å². The molecule has 1 aromatic carbocycles. The Morgan fingerprint density at radius 3 is 3.00 bits per heavy atom. The highest BCUT2D eigenvalue weighted by atomic mass is 35.5. The van der Waals surface area contributed by atoms with E-state index in [4.69, 9.17) is 16.3 Å². The third-order valence-electron chi connectivity index (χ3n) is 2.46. The van der Waals surface area contributed by atoms with Crippen LogP contribution in [0.2, 0.25) is 5.02 Å². The number of halogens is 1. The van der Waals surface area contributed by atoms with Crippen LogP contribution >= 0.6 is 11.6 Å². The van der Waals surface area contributed by atoms with Crippen LogP contribution in [-0.2, 0) is 0 Å². The Morgan fingerprint density at radius 2 is 2.33 bits per heavy atom. The predicted octanol–water partition coefficient (Wildman–Crippen LogP) is 2.63. The van der Waals surface area contributed by atoms with E-state index >= 15 is 0 Å². The summed E-state index contributed by atoms with van der Waals surface area (Å²) < 4.78 is 5.45. The zero-order chi connectivity index (χ0) is 13.4. The van der Waals surface area contributed by atoms with Gasteiger partial charge in [-0.1, -0.05) is 23.7 Å². The van der Waals surface area contributed by atoms with Crippen molar-refractivity contribution in [1.29, 1.82) is 0 Å². The van der Waals surface area contributed by atoms with Gasteiger partial charge in [0.2, 0.25) is 0 Å². The molecule has 0 fully saturated rings. The van der Waals surface area contributed by atoms with Crippen molar-refractivity contribution in [2.75, 3.05) is 13.2 Å². The second kappa shape index (κ2) is 8.14. The number of aliphatic hydroxyl groups excluding tert-OH is 1. The molecule has 2 N–H and O–H groups in total. The second-order valence-corrected chi connectivity index (χ2v) is 4.69. The van der Waals surface area contributed by atoms with Gasteiger partial charge in [-0.05, 0) is 31.5 Å². The lowest BCUT2D eigenvalue weighted by molar-refractivity contribution is 0.104. The molecule has 0 aliphatic carbocycles. The number of nitrogens with one attached hydrogen (secondary N) is 1. The van der Waals surface area contributed by atoms with Crippen molar-refractivity contribution in [2.24, 2.45) is 0 Å². The molecule has 0 aliphatic rings. The van der Waals surface area contributed by atoms with E-state index in [1.807, 2.05) is 25.1 Å². The molecule has 0 bridgehead atoms. The molecule has 2 atom stereocenters. The number of rotatable bonds is 8. The van der Waals surface area contributed by atoms with Gasteiger partial charge in [-0.25, -0.2) is 0 Å². The Hall–Kier alpha value is -1.03. The zero-order valence-corrected chi connectivity index (χ0v) is 11.4. The molecule has 18 heavy (non-hydrogen) atoms. The highest BCUT2D eigenvalue weighted by Crippen LogP contribution is 2.17. The van der Waals surface area contributed by atoms with Crippen LogP contribution in [0.1, 0.15) is 13.3 Å². The molecular weight excluding hydrogens is 250 g/mol. The lowest BCUT2D eigenvalue weighted by atomic mass is 10.2. The molecule has 1 aromatic rings. The minimum atomic E-state index is -0.545. The Morgan fingerprint density at radius 1 is 1.56 bits per heavy atom. The van der Waals surface area contributed by atoms with Crippen molar-refractivity contribution in [1.82, 2.24) is 5.32 Å². The summed E-state index contributed by atoms with van der Waals surface area (Å²) in [5, 5.41) is 13.6. The topological polar surface area (TPSA) is 41.5 Å². The van der Waals surface area contributed by atoms with E-state index in [0.717, 1.165) is 6.42 Å². The molecule has 0 spiro atoms. The molecule has 0 radical (unpaired) electrons. The predicted molar refractivity (Wildman–Crippen MR) is 75.2 cm³/mol. The Bertz CT molecular complexity index is 371. The summed E-state index contributed by atoms with van der Waals surface area (Å²) in [6.07, 6.45) is 2.19. The van der Waals surface area contributed by atoms with Gasteiger partial charge in [0.1, 0.15) is 18.5 Å². The fraction of sp³-hybridized carbons (Fsp3) is 0.429. The van der Waals surface area contributed by atoms with Crippen LogP contribution in [0.5, 0.6) is 5.75 Å². The van der Waals surface area contributed by atoms with Crippen LogP contribution < -0.4 is 10.1 Å². The van der Waals surface area contributed by atoms with E-state index in [-0.39, 0.29) is 6.61 Å². The van der Waals surface area contributed by atoms with Gasteiger partial charge in [0.05, 0.1) is 0 Å². The fourth-order valence-electron chi connectivity index (χ4n) is 1.48. The number of hydrogen-bond acceptors (Lipinski definition) is 3. The Balaban J connectivity index is 2.24. The van der Waals surface area contributed by atoms with E-state index in [2.05, 4.69) is 11.9 Å². The number of hydrogen-bond donors (Lipinski definition) is 2. The average molecular weight is 270 g/mol. The smallest absolute Gasteiger partial charge is 0.120 e. The fourth-order valence-corrected chi connectivity index (χ4v) is 1.66. The Kier molecular flexibility index (Phi) is 6.80. The minimum absolute atomic E-state index is 0.244. The summed E-state index contributed by atoms with van der Waals surface area (Å²) in [7, 11) is 0. The van der Waals surface area contributed by atoms with E-state index in [9.17, 15) is 5.11 Å². The third kappa shape index (κ3) is 6.05. The van der Waals surface area contributed by atoms with Crippen LogP contribution in [-0.4, -0.2) is 30.4 Å². The monoisotopic (exact) mass is 269 g/mol. The number of ether oxygens (including phenoxy) is 1. The largest absolute Gasteiger partial charge is 0.491 e. The van der Waals surface area contributed by atoms with Gasteiger partial charge in [-0.3, -0.25) is 0 Å². The average Bonchev–Trinajstić information content (AvgIpc) is 2.34. The minimum Gasteiger partial charge on any atom is -0.491 e. The van der Waals surface area contributed by atoms with Gasteiger partial charge in [0, 0.05) is 17.6 Å². The maximum Gasteiger partial charge on any atom is 0.120 e. The molecule has 4 heteroatoms. The Labute approximate surface area is 113 Å². The van der Waals surface area contributed by atoms with Crippen LogP contribution in [0.25, 0.3) is 0 Å². The van der Waals surface area contributed by atoms with Crippen LogP contribution in [0.3, 0.4) is 0 Å². The van der Waals surface area contributed by atoms with Gasteiger partial charge >= 0.3 is 0 Å². The zero-order valence-electron chi connectivity index (χ0n) is 10.6. The maximum absolute atomic E-state index is 9.75. The molecular formula is C14H20ClNO2. The SMILES string of the molecule is C=CCC(C)NCC(O)COc1cccc(Cl)c1. The van der Waals surface area contributed by atoms with Crippen LogP contribution in [0, 0.1) is 0 Å². The molecule has 0 aromatic heterocycles. The summed E-state index contributed by atoms with van der Waals surface area (Å²) in [4.78, 5) is 0. The summed E-state index contributed by atoms with van der Waals surface area (Å²) in [5.41, 5.74) is 0. The molecule has 1 rings (SSSR count). The van der Waals surface area contributed by atoms with Gasteiger partial charge in [0.15, 0.2) is 0 Å². The quantitative estimate of drug-likeness (QED) is 0.713. The van der Waals surface area contributed by atoms with E-state index < -0.39 is 6.10 Å². The first-order valence-electron chi connectivity index (χ1n) is 6.02. The maximum atomic E-state index is 9.75. The molecule has 100 valence electrons. The lowest BCUT2D eigenvalue weighted by Gasteiger charge is -2.16. The van der Waals surface area contributed by atoms with Crippen molar-refractivity contribution in [3.63, 3.8) is 0 Å². The third-order valence-corrected chi connectivity index (χ3v) is 2.70. The van der Waals surface area contributed by atoms with Crippen molar-refractivity contribution >= 4 is 11.6 Å². The summed E-state index contributed by atoms with van der Waals surface area (Å²) in [6.45, 7) is 6.46.